The maximum Gasteiger partial charge on any atom is 0.329 e. The van der Waals surface area contributed by atoms with Crippen molar-refractivity contribution in [1.29, 1.82) is 0 Å². The van der Waals surface area contributed by atoms with Gasteiger partial charge in [0, 0.05) is 20.1 Å². The molecule has 0 aliphatic carbocycles. The molecular weight excluding hydrogens is 202 g/mol. The number of nitrogens with zero attached hydrogens (tertiary/aromatic N) is 2. The molecule has 1 aromatic heterocycles. The number of nitrogens with one attached hydrogen (secondary N) is 1. The van der Waals surface area contributed by atoms with Crippen LogP contribution in [0.15, 0.2) is 23.0 Å². The topological polar surface area (TPSA) is 39.0 Å². The minimum Gasteiger partial charge on any atom is -0.313 e. The molecule has 0 spiro atoms. The van der Waals surface area contributed by atoms with Crippen molar-refractivity contribution in [2.75, 3.05) is 13.1 Å². The Bertz CT molecular complexity index is 604. The van der Waals surface area contributed by atoms with Gasteiger partial charge in [0.05, 0.1) is 17.1 Å². The van der Waals surface area contributed by atoms with Gasteiger partial charge in [-0.15, -0.1) is 0 Å². The van der Waals surface area contributed by atoms with E-state index in [9.17, 15) is 4.79 Å². The summed E-state index contributed by atoms with van der Waals surface area (Å²) in [6.07, 6.45) is 0. The second-order valence-electron chi connectivity index (χ2n) is 4.52. The monoisotopic (exact) mass is 217 g/mol. The predicted octanol–water partition coefficient (Wildman–Crippen LogP) is 0.793. The molecule has 16 heavy (non-hydrogen) atoms. The predicted molar refractivity (Wildman–Crippen MR) is 63.8 cm³/mol. The highest BCUT2D eigenvalue weighted by Gasteiger charge is 2.23. The van der Waals surface area contributed by atoms with Crippen molar-refractivity contribution < 1.29 is 0 Å². The summed E-state index contributed by atoms with van der Waals surface area (Å²) in [7, 11) is 1.84. The van der Waals surface area contributed by atoms with Crippen LogP contribution in [-0.4, -0.2) is 22.2 Å². The van der Waals surface area contributed by atoms with Crippen molar-refractivity contribution in [2.45, 2.75) is 13.0 Å². The minimum absolute atomic E-state index is 0.0899. The highest BCUT2D eigenvalue weighted by molar-refractivity contribution is 5.77. The van der Waals surface area contributed by atoms with Crippen LogP contribution in [0.3, 0.4) is 0 Å². The highest BCUT2D eigenvalue weighted by atomic mass is 16.1. The average Bonchev–Trinajstić information content (AvgIpc) is 2.42. The van der Waals surface area contributed by atoms with Gasteiger partial charge in [-0.3, -0.25) is 9.13 Å². The van der Waals surface area contributed by atoms with E-state index in [2.05, 4.69) is 17.4 Å². The molecule has 1 saturated heterocycles. The van der Waals surface area contributed by atoms with Gasteiger partial charge >= 0.3 is 5.69 Å². The van der Waals surface area contributed by atoms with Crippen LogP contribution < -0.4 is 11.0 Å². The van der Waals surface area contributed by atoms with Crippen LogP contribution in [0.4, 0.5) is 0 Å². The largest absolute Gasteiger partial charge is 0.329 e. The SMILES string of the molecule is Cc1ccc2c(c1)n(C)c(=O)n2C1CNC1. The van der Waals surface area contributed by atoms with Crippen molar-refractivity contribution in [1.82, 2.24) is 14.5 Å². The van der Waals surface area contributed by atoms with Gasteiger partial charge < -0.3 is 5.32 Å². The van der Waals surface area contributed by atoms with Crippen LogP contribution in [0.25, 0.3) is 11.0 Å². The van der Waals surface area contributed by atoms with Crippen LogP contribution in [0.5, 0.6) is 0 Å². The van der Waals surface area contributed by atoms with Crippen molar-refractivity contribution in [3.8, 4) is 0 Å². The molecule has 4 nitrogen and oxygen atoms in total. The third-order valence-corrected chi connectivity index (χ3v) is 3.37. The summed E-state index contributed by atoms with van der Waals surface area (Å²) in [4.78, 5) is 12.1. The molecule has 0 saturated carbocycles. The van der Waals surface area contributed by atoms with Gasteiger partial charge in [-0.25, -0.2) is 4.79 Å². The summed E-state index contributed by atoms with van der Waals surface area (Å²) in [6, 6.07) is 6.49. The van der Waals surface area contributed by atoms with Crippen LogP contribution in [0.1, 0.15) is 11.6 Å². The zero-order valence-corrected chi connectivity index (χ0v) is 9.53. The standard InChI is InChI=1S/C12H15N3O/c1-8-3-4-10-11(5-8)14(2)12(16)15(10)9-6-13-7-9/h3-5,9,13H,6-7H2,1-2H3. The first-order valence-corrected chi connectivity index (χ1v) is 5.57. The number of aryl methyl sites for hydroxylation is 2. The van der Waals surface area contributed by atoms with E-state index in [0.717, 1.165) is 24.1 Å². The Labute approximate surface area is 93.5 Å². The van der Waals surface area contributed by atoms with Crippen molar-refractivity contribution in [3.63, 3.8) is 0 Å². The van der Waals surface area contributed by atoms with E-state index in [-0.39, 0.29) is 5.69 Å². The van der Waals surface area contributed by atoms with Crippen LogP contribution >= 0.6 is 0 Å². The van der Waals surface area contributed by atoms with Crippen molar-refractivity contribution in [3.05, 3.63) is 34.2 Å². The number of hydrogen-bond acceptors (Lipinski definition) is 2. The van der Waals surface area contributed by atoms with Crippen molar-refractivity contribution in [2.24, 2.45) is 7.05 Å². The molecule has 0 atom stereocenters. The number of imidazole rings is 1. The normalized spacial score (nSPS) is 16.6. The Balaban J connectivity index is 2.35. The summed E-state index contributed by atoms with van der Waals surface area (Å²) in [5.74, 6) is 0. The molecule has 1 N–H and O–H groups in total. The lowest BCUT2D eigenvalue weighted by Crippen LogP contribution is -2.46. The number of aromatic nitrogens is 2. The van der Waals surface area contributed by atoms with Crippen LogP contribution in [-0.2, 0) is 7.05 Å². The molecule has 1 fully saturated rings. The Morgan fingerprint density at radius 2 is 2.06 bits per heavy atom. The van der Waals surface area contributed by atoms with Gasteiger partial charge in [0.2, 0.25) is 0 Å². The molecule has 0 radical (unpaired) electrons. The summed E-state index contributed by atoms with van der Waals surface area (Å²) < 4.78 is 3.64. The molecular formula is C12H15N3O. The fraction of sp³-hybridized carbons (Fsp3) is 0.417. The van der Waals surface area contributed by atoms with E-state index in [1.165, 1.54) is 5.56 Å². The van der Waals surface area contributed by atoms with E-state index in [1.54, 1.807) is 4.57 Å². The first-order valence-electron chi connectivity index (χ1n) is 5.57. The van der Waals surface area contributed by atoms with Gasteiger partial charge in [-0.05, 0) is 24.6 Å². The Morgan fingerprint density at radius 1 is 1.31 bits per heavy atom. The number of hydrogen-bond donors (Lipinski definition) is 1. The lowest BCUT2D eigenvalue weighted by atomic mass is 10.1. The summed E-state index contributed by atoms with van der Waals surface area (Å²) in [5, 5.41) is 3.20. The maximum atomic E-state index is 12.1. The van der Waals surface area contributed by atoms with E-state index in [1.807, 2.05) is 24.6 Å². The Morgan fingerprint density at radius 3 is 2.69 bits per heavy atom. The average molecular weight is 217 g/mol. The molecule has 2 aromatic rings. The summed E-state index contributed by atoms with van der Waals surface area (Å²) in [6.45, 7) is 3.84. The first-order chi connectivity index (χ1) is 7.68. The van der Waals surface area contributed by atoms with E-state index in [0.29, 0.717) is 6.04 Å². The zero-order valence-electron chi connectivity index (χ0n) is 9.53. The Hall–Kier alpha value is -1.55. The molecule has 3 rings (SSSR count). The van der Waals surface area contributed by atoms with Crippen LogP contribution in [0.2, 0.25) is 0 Å². The van der Waals surface area contributed by atoms with Crippen molar-refractivity contribution >= 4 is 11.0 Å². The lowest BCUT2D eigenvalue weighted by Gasteiger charge is -2.28. The minimum atomic E-state index is 0.0899. The number of benzene rings is 1. The fourth-order valence-electron chi connectivity index (χ4n) is 2.28. The van der Waals surface area contributed by atoms with E-state index >= 15 is 0 Å². The Kier molecular flexibility index (Phi) is 1.94. The molecule has 0 bridgehead atoms. The van der Waals surface area contributed by atoms with E-state index in [4.69, 9.17) is 0 Å². The smallest absolute Gasteiger partial charge is 0.313 e. The first kappa shape index (κ1) is 9.66. The molecule has 84 valence electrons. The van der Waals surface area contributed by atoms with Gasteiger partial charge in [0.1, 0.15) is 0 Å². The number of fused-ring (bicyclic) bond motifs is 1. The summed E-state index contributed by atoms with van der Waals surface area (Å²) in [5.41, 5.74) is 3.35. The third-order valence-electron chi connectivity index (χ3n) is 3.37. The molecule has 4 heteroatoms. The van der Waals surface area contributed by atoms with Crippen LogP contribution in [0, 0.1) is 6.92 Å². The second-order valence-corrected chi connectivity index (χ2v) is 4.52. The molecule has 0 unspecified atom stereocenters. The second kappa shape index (κ2) is 3.22. The molecule has 1 aliphatic rings. The lowest BCUT2D eigenvalue weighted by molar-refractivity contribution is 0.341. The highest BCUT2D eigenvalue weighted by Crippen LogP contribution is 2.19. The quantitative estimate of drug-likeness (QED) is 0.767. The molecule has 1 aliphatic heterocycles. The van der Waals surface area contributed by atoms with Gasteiger partial charge in [0.15, 0.2) is 0 Å². The number of rotatable bonds is 1. The molecule has 1 aromatic carbocycles. The molecule has 2 heterocycles. The van der Waals surface area contributed by atoms with Gasteiger partial charge in [-0.1, -0.05) is 6.07 Å². The fourth-order valence-corrected chi connectivity index (χ4v) is 2.28. The van der Waals surface area contributed by atoms with Gasteiger partial charge in [-0.2, -0.15) is 0 Å². The maximum absolute atomic E-state index is 12.1. The zero-order chi connectivity index (χ0) is 11.3. The molecule has 0 amide bonds. The van der Waals surface area contributed by atoms with E-state index < -0.39 is 0 Å². The third kappa shape index (κ3) is 1.16. The van der Waals surface area contributed by atoms with Gasteiger partial charge in [0.25, 0.3) is 0 Å². The summed E-state index contributed by atoms with van der Waals surface area (Å²) >= 11 is 0.